The predicted octanol–water partition coefficient (Wildman–Crippen LogP) is 2.67. The summed E-state index contributed by atoms with van der Waals surface area (Å²) in [7, 11) is -1.98. The normalized spacial score (nSPS) is 18.1. The molecule has 0 atom stereocenters. The summed E-state index contributed by atoms with van der Waals surface area (Å²) < 4.78 is 45.7. The smallest absolute Gasteiger partial charge is 0.243 e. The summed E-state index contributed by atoms with van der Waals surface area (Å²) in [4.78, 5) is 0.105. The zero-order valence-corrected chi connectivity index (χ0v) is 13.7. The predicted molar refractivity (Wildman–Crippen MR) is 79.5 cm³/mol. The fraction of sp³-hybridized carbons (Fsp3) is 0.571. The molecule has 0 aromatic heterocycles. The maximum Gasteiger partial charge on any atom is 0.243 e. The first kappa shape index (κ1) is 16.7. The quantitative estimate of drug-likeness (QED) is 0.795. The van der Waals surface area contributed by atoms with E-state index in [1.807, 2.05) is 0 Å². The highest BCUT2D eigenvalue weighted by atomic mass is 35.5. The zero-order chi connectivity index (χ0) is 15.6. The van der Waals surface area contributed by atoms with Crippen LogP contribution in [0.2, 0.25) is 0 Å². The molecule has 2 rings (SSSR count). The number of aryl methyl sites for hydroxylation is 1. The Labute approximate surface area is 129 Å². The molecule has 1 aliphatic heterocycles. The first-order valence-corrected chi connectivity index (χ1v) is 8.75. The molecule has 0 amide bonds. The number of hydrogen-bond acceptors (Lipinski definition) is 3. The maximum absolute atomic E-state index is 13.8. The monoisotopic (exact) mass is 335 g/mol. The van der Waals surface area contributed by atoms with Gasteiger partial charge in [-0.05, 0) is 37.5 Å². The number of piperidine rings is 1. The second-order valence-corrected chi connectivity index (χ2v) is 7.39. The van der Waals surface area contributed by atoms with Crippen molar-refractivity contribution in [3.05, 3.63) is 29.1 Å². The Morgan fingerprint density at radius 1 is 1.38 bits per heavy atom. The van der Waals surface area contributed by atoms with Crippen molar-refractivity contribution in [3.8, 4) is 0 Å². The summed E-state index contributed by atoms with van der Waals surface area (Å²) in [6.07, 6.45) is 1.43. The molecule has 0 saturated carbocycles. The lowest BCUT2D eigenvalue weighted by Crippen LogP contribution is -2.40. The van der Waals surface area contributed by atoms with Gasteiger partial charge in [0.2, 0.25) is 10.0 Å². The van der Waals surface area contributed by atoms with E-state index in [0.29, 0.717) is 31.5 Å². The van der Waals surface area contributed by atoms with Crippen molar-refractivity contribution < 1.29 is 17.5 Å². The Morgan fingerprint density at radius 3 is 2.52 bits per heavy atom. The molecule has 0 aliphatic carbocycles. The third-order valence-corrected chi connectivity index (χ3v) is 5.98. The van der Waals surface area contributed by atoms with Crippen LogP contribution in [0.1, 0.15) is 24.0 Å². The molecule has 7 heteroatoms. The van der Waals surface area contributed by atoms with E-state index in [0.717, 1.165) is 0 Å². The van der Waals surface area contributed by atoms with Crippen molar-refractivity contribution >= 4 is 21.6 Å². The fourth-order valence-electron chi connectivity index (χ4n) is 2.51. The second kappa shape index (κ2) is 6.60. The van der Waals surface area contributed by atoms with Gasteiger partial charge in [0, 0.05) is 25.8 Å². The van der Waals surface area contributed by atoms with Crippen molar-refractivity contribution in [2.75, 3.05) is 20.2 Å². The van der Waals surface area contributed by atoms with Gasteiger partial charge in [-0.3, -0.25) is 0 Å². The minimum absolute atomic E-state index is 0.0538. The Bertz CT molecular complexity index is 613. The van der Waals surface area contributed by atoms with Gasteiger partial charge < -0.3 is 4.74 Å². The number of ether oxygens (including phenoxy) is 1. The van der Waals surface area contributed by atoms with E-state index < -0.39 is 15.8 Å². The third-order valence-electron chi connectivity index (χ3n) is 3.82. The van der Waals surface area contributed by atoms with Crippen molar-refractivity contribution in [2.24, 2.45) is 0 Å². The SMILES string of the molecule is COC1CCN(S(=O)(=O)c2cc(C)c(F)c(CCl)c2)CC1. The molecule has 0 unspecified atom stereocenters. The molecule has 0 bridgehead atoms. The van der Waals surface area contributed by atoms with Gasteiger partial charge in [0.05, 0.1) is 16.9 Å². The van der Waals surface area contributed by atoms with Gasteiger partial charge in [-0.25, -0.2) is 12.8 Å². The molecule has 4 nitrogen and oxygen atoms in total. The minimum Gasteiger partial charge on any atom is -0.381 e. The van der Waals surface area contributed by atoms with Crippen LogP contribution in [0.3, 0.4) is 0 Å². The molecule has 1 fully saturated rings. The van der Waals surface area contributed by atoms with Gasteiger partial charge >= 0.3 is 0 Å². The standard InChI is InChI=1S/C14H19ClFNO3S/c1-10-7-13(8-11(9-15)14(10)16)21(18,19)17-5-3-12(20-2)4-6-17/h7-8,12H,3-6,9H2,1-2H3. The minimum atomic E-state index is -3.61. The Hall–Kier alpha value is -0.690. The summed E-state index contributed by atoms with van der Waals surface area (Å²) in [6, 6.07) is 2.69. The largest absolute Gasteiger partial charge is 0.381 e. The van der Waals surface area contributed by atoms with Crippen LogP contribution in [0.4, 0.5) is 4.39 Å². The third kappa shape index (κ3) is 3.39. The van der Waals surface area contributed by atoms with E-state index in [4.69, 9.17) is 16.3 Å². The topological polar surface area (TPSA) is 46.6 Å². The van der Waals surface area contributed by atoms with Gasteiger partial charge in [-0.1, -0.05) is 0 Å². The van der Waals surface area contributed by atoms with Gasteiger partial charge in [-0.15, -0.1) is 11.6 Å². The summed E-state index contributed by atoms with van der Waals surface area (Å²) in [5.74, 6) is -0.496. The van der Waals surface area contributed by atoms with Crippen LogP contribution in [0.5, 0.6) is 0 Å². The van der Waals surface area contributed by atoms with Crippen LogP contribution >= 0.6 is 11.6 Å². The molecule has 1 aromatic rings. The summed E-state index contributed by atoms with van der Waals surface area (Å²) >= 11 is 5.68. The zero-order valence-electron chi connectivity index (χ0n) is 12.1. The van der Waals surface area contributed by atoms with Crippen LogP contribution in [-0.4, -0.2) is 39.0 Å². The molecule has 1 heterocycles. The van der Waals surface area contributed by atoms with Gasteiger partial charge in [0.25, 0.3) is 0 Å². The van der Waals surface area contributed by atoms with Crippen molar-refractivity contribution in [1.82, 2.24) is 4.31 Å². The number of halogens is 2. The average molecular weight is 336 g/mol. The van der Waals surface area contributed by atoms with Gasteiger partial charge in [0.1, 0.15) is 5.82 Å². The van der Waals surface area contributed by atoms with Crippen LogP contribution in [0.25, 0.3) is 0 Å². The molecule has 0 radical (unpaired) electrons. The molecule has 1 saturated heterocycles. The molecule has 21 heavy (non-hydrogen) atoms. The number of rotatable bonds is 4. The number of nitrogens with zero attached hydrogens (tertiary/aromatic N) is 1. The molecule has 118 valence electrons. The first-order valence-electron chi connectivity index (χ1n) is 6.78. The number of hydrogen-bond donors (Lipinski definition) is 0. The highest BCUT2D eigenvalue weighted by Gasteiger charge is 2.30. The Morgan fingerprint density at radius 2 is 2.00 bits per heavy atom. The molecular formula is C14H19ClFNO3S. The van der Waals surface area contributed by atoms with E-state index in [-0.39, 0.29) is 22.4 Å². The number of methoxy groups -OCH3 is 1. The molecule has 1 aromatic carbocycles. The van der Waals surface area contributed by atoms with Crippen molar-refractivity contribution in [1.29, 1.82) is 0 Å². The molecule has 0 N–H and O–H groups in total. The van der Waals surface area contributed by atoms with Gasteiger partial charge in [-0.2, -0.15) is 4.31 Å². The Balaban J connectivity index is 2.30. The van der Waals surface area contributed by atoms with Crippen molar-refractivity contribution in [2.45, 2.75) is 36.6 Å². The van der Waals surface area contributed by atoms with Crippen LogP contribution in [0, 0.1) is 12.7 Å². The van der Waals surface area contributed by atoms with E-state index in [2.05, 4.69) is 0 Å². The summed E-state index contributed by atoms with van der Waals surface area (Å²) in [5, 5.41) is 0. The van der Waals surface area contributed by atoms with E-state index >= 15 is 0 Å². The lowest BCUT2D eigenvalue weighted by Gasteiger charge is -2.30. The Kier molecular flexibility index (Phi) is 5.24. The fourth-order valence-corrected chi connectivity index (χ4v) is 4.31. The second-order valence-electron chi connectivity index (χ2n) is 5.19. The first-order chi connectivity index (χ1) is 9.90. The van der Waals surface area contributed by atoms with Crippen LogP contribution in [0.15, 0.2) is 17.0 Å². The lowest BCUT2D eigenvalue weighted by molar-refractivity contribution is 0.0604. The maximum atomic E-state index is 13.8. The summed E-state index contributed by atoms with van der Waals surface area (Å²) in [5.41, 5.74) is 0.500. The molecular weight excluding hydrogens is 317 g/mol. The van der Waals surface area contributed by atoms with Crippen molar-refractivity contribution in [3.63, 3.8) is 0 Å². The molecule has 1 aliphatic rings. The van der Waals surface area contributed by atoms with Crippen LogP contribution < -0.4 is 0 Å². The lowest BCUT2D eigenvalue weighted by atomic mass is 10.1. The van der Waals surface area contributed by atoms with E-state index in [1.165, 1.54) is 16.4 Å². The van der Waals surface area contributed by atoms with Gasteiger partial charge in [0.15, 0.2) is 0 Å². The molecule has 0 spiro atoms. The van der Waals surface area contributed by atoms with Crippen LogP contribution in [-0.2, 0) is 20.6 Å². The van der Waals surface area contributed by atoms with E-state index in [1.54, 1.807) is 14.0 Å². The summed E-state index contributed by atoms with van der Waals surface area (Å²) in [6.45, 7) is 2.36. The average Bonchev–Trinajstić information content (AvgIpc) is 2.49. The highest BCUT2D eigenvalue weighted by Crippen LogP contribution is 2.26. The van der Waals surface area contributed by atoms with E-state index in [9.17, 15) is 12.8 Å². The highest BCUT2D eigenvalue weighted by molar-refractivity contribution is 7.89. The number of sulfonamides is 1. The number of benzene rings is 1. The number of alkyl halides is 1.